The Hall–Kier alpha value is -1.54. The third-order valence-electron chi connectivity index (χ3n) is 12.8. The maximum Gasteiger partial charge on any atom is 0.472 e. The Morgan fingerprint density at radius 3 is 1.33 bits per heavy atom. The fourth-order valence-corrected chi connectivity index (χ4v) is 8.99. The number of phosphoric ester groups is 1. The van der Waals surface area contributed by atoms with Crippen molar-refractivity contribution in [2.24, 2.45) is 0 Å². The fraction of sp³-hybridized carbons (Fsp3) is 0.845. The minimum absolute atomic E-state index is 0.0523. The molecule has 0 heterocycles. The predicted molar refractivity (Wildman–Crippen MR) is 291 cm³/mol. The molecule has 394 valence electrons. The van der Waals surface area contributed by atoms with Crippen molar-refractivity contribution in [2.75, 3.05) is 40.9 Å². The zero-order chi connectivity index (χ0) is 49.2. The van der Waals surface area contributed by atoms with E-state index in [4.69, 9.17) is 9.05 Å². The minimum Gasteiger partial charge on any atom is -0.387 e. The first kappa shape index (κ1) is 65.5. The van der Waals surface area contributed by atoms with Crippen molar-refractivity contribution in [1.29, 1.82) is 0 Å². The van der Waals surface area contributed by atoms with Crippen molar-refractivity contribution in [2.45, 2.75) is 276 Å². The van der Waals surface area contributed by atoms with Gasteiger partial charge in [-0.1, -0.05) is 249 Å². The van der Waals surface area contributed by atoms with E-state index in [1.54, 1.807) is 6.08 Å². The molecule has 0 spiro atoms. The van der Waals surface area contributed by atoms with E-state index in [-0.39, 0.29) is 19.1 Å². The third-order valence-corrected chi connectivity index (χ3v) is 13.8. The van der Waals surface area contributed by atoms with Gasteiger partial charge in [0.05, 0.1) is 39.9 Å². The monoisotopic (exact) mass is 964 g/mol. The molecule has 3 atom stereocenters. The number of hydrogen-bond acceptors (Lipinski definition) is 5. The SMILES string of the molecule is CCCC/C=C\C/C=C\CCCCCCCC(=O)NC(COP(=O)(O)OCC[N+](C)(C)C)C(O)/C=C/CC/C=C/CCCCCCCCCCCCCCCCCCCCCCCCCCC. The molecule has 0 saturated carbocycles. The van der Waals surface area contributed by atoms with Gasteiger partial charge in [0.1, 0.15) is 13.2 Å². The molecule has 0 rings (SSSR count). The molecule has 0 aliphatic carbocycles. The summed E-state index contributed by atoms with van der Waals surface area (Å²) in [4.78, 5) is 23.2. The van der Waals surface area contributed by atoms with Gasteiger partial charge in [-0.3, -0.25) is 13.8 Å². The first-order chi connectivity index (χ1) is 32.5. The first-order valence-electron chi connectivity index (χ1n) is 28.5. The molecular formula is C58H112N2O6P+. The molecule has 8 nitrogen and oxygen atoms in total. The molecule has 0 aromatic heterocycles. The van der Waals surface area contributed by atoms with Gasteiger partial charge in [-0.25, -0.2) is 4.57 Å². The maximum atomic E-state index is 12.9. The number of aliphatic hydroxyl groups is 1. The highest BCUT2D eigenvalue weighted by Crippen LogP contribution is 2.43. The van der Waals surface area contributed by atoms with Gasteiger partial charge < -0.3 is 19.8 Å². The largest absolute Gasteiger partial charge is 0.472 e. The van der Waals surface area contributed by atoms with Crippen molar-refractivity contribution in [3.05, 3.63) is 48.6 Å². The number of aliphatic hydroxyl groups excluding tert-OH is 1. The molecule has 0 aromatic rings. The van der Waals surface area contributed by atoms with Crippen LogP contribution in [0.1, 0.15) is 264 Å². The van der Waals surface area contributed by atoms with E-state index in [0.29, 0.717) is 17.4 Å². The molecule has 9 heteroatoms. The number of rotatable bonds is 52. The van der Waals surface area contributed by atoms with Gasteiger partial charge in [0.2, 0.25) is 5.91 Å². The summed E-state index contributed by atoms with van der Waals surface area (Å²) < 4.78 is 23.6. The van der Waals surface area contributed by atoms with Gasteiger partial charge in [0.25, 0.3) is 0 Å². The summed E-state index contributed by atoms with van der Waals surface area (Å²) in [6, 6.07) is -0.872. The highest BCUT2D eigenvalue weighted by molar-refractivity contribution is 7.47. The summed E-state index contributed by atoms with van der Waals surface area (Å²) in [5.74, 6) is -0.200. The van der Waals surface area contributed by atoms with Crippen LogP contribution in [0.4, 0.5) is 0 Å². The number of phosphoric acid groups is 1. The number of unbranched alkanes of at least 4 members (excludes halogenated alkanes) is 33. The van der Waals surface area contributed by atoms with Crippen molar-refractivity contribution < 1.29 is 32.9 Å². The summed E-state index contributed by atoms with van der Waals surface area (Å²) in [7, 11) is 1.55. The van der Waals surface area contributed by atoms with Crippen LogP contribution < -0.4 is 5.32 Å². The van der Waals surface area contributed by atoms with Gasteiger partial charge in [-0.2, -0.15) is 0 Å². The van der Waals surface area contributed by atoms with Crippen molar-refractivity contribution >= 4 is 13.7 Å². The number of amides is 1. The zero-order valence-corrected chi connectivity index (χ0v) is 45.8. The maximum absolute atomic E-state index is 12.9. The molecule has 0 aliphatic heterocycles. The van der Waals surface area contributed by atoms with Crippen molar-refractivity contribution in [3.63, 3.8) is 0 Å². The summed E-state index contributed by atoms with van der Waals surface area (Å²) >= 11 is 0. The molecule has 3 N–H and O–H groups in total. The van der Waals surface area contributed by atoms with E-state index < -0.39 is 20.0 Å². The Labute approximate surface area is 416 Å². The second-order valence-electron chi connectivity index (χ2n) is 20.7. The topological polar surface area (TPSA) is 105 Å². The quantitative estimate of drug-likeness (QED) is 0.0243. The minimum atomic E-state index is -4.36. The molecule has 0 radical (unpaired) electrons. The standard InChI is InChI=1S/C58H111N2O6P/c1-6-8-10-12-14-16-18-20-22-23-24-25-26-27-28-29-30-31-32-33-34-35-36-37-38-39-41-43-45-47-49-51-57(61)56(55-66-67(63,64)65-54-53-60(3,4)5)59-58(62)52-50-48-46-44-42-40-21-19-17-15-13-11-9-7-2/h13,15,19,21,41,43,49,51,56-57,61H,6-12,14,16-18,20,22-40,42,44-48,50,52-55H2,1-5H3,(H-,59,62,63,64)/p+1/b15-13-,21-19-,43-41+,51-49+. The smallest absolute Gasteiger partial charge is 0.387 e. The van der Waals surface area contributed by atoms with Crippen LogP contribution in [0.15, 0.2) is 48.6 Å². The number of quaternary nitrogens is 1. The lowest BCUT2D eigenvalue weighted by atomic mass is 10.0. The highest BCUT2D eigenvalue weighted by atomic mass is 31.2. The van der Waals surface area contributed by atoms with Crippen LogP contribution in [0.25, 0.3) is 0 Å². The molecule has 3 unspecified atom stereocenters. The van der Waals surface area contributed by atoms with Gasteiger partial charge in [0.15, 0.2) is 0 Å². The molecule has 0 bridgehead atoms. The Bertz CT molecular complexity index is 1230. The number of hydrogen-bond donors (Lipinski definition) is 3. The van der Waals surface area contributed by atoms with E-state index in [0.717, 1.165) is 64.2 Å². The van der Waals surface area contributed by atoms with E-state index in [1.807, 2.05) is 27.2 Å². The van der Waals surface area contributed by atoms with E-state index in [2.05, 4.69) is 55.6 Å². The number of carbonyl (C=O) groups is 1. The summed E-state index contributed by atoms with van der Waals surface area (Å²) in [6.45, 7) is 4.76. The second-order valence-corrected chi connectivity index (χ2v) is 22.1. The summed E-state index contributed by atoms with van der Waals surface area (Å²) in [6.07, 6.45) is 65.2. The van der Waals surface area contributed by atoms with Crippen LogP contribution in [0.3, 0.4) is 0 Å². The molecule has 0 fully saturated rings. The Balaban J connectivity index is 4.15. The van der Waals surface area contributed by atoms with Gasteiger partial charge in [-0.15, -0.1) is 0 Å². The Morgan fingerprint density at radius 1 is 0.507 bits per heavy atom. The first-order valence-corrected chi connectivity index (χ1v) is 30.0. The number of nitrogens with one attached hydrogen (secondary N) is 1. The van der Waals surface area contributed by atoms with Crippen LogP contribution in [0.5, 0.6) is 0 Å². The molecular weight excluding hydrogens is 852 g/mol. The normalized spacial score (nSPS) is 14.3. The van der Waals surface area contributed by atoms with Crippen LogP contribution in [-0.2, 0) is 18.4 Å². The zero-order valence-electron chi connectivity index (χ0n) is 44.9. The Kier molecular flexibility index (Phi) is 48.3. The van der Waals surface area contributed by atoms with E-state index in [1.165, 1.54) is 180 Å². The molecule has 0 aliphatic rings. The lowest BCUT2D eigenvalue weighted by molar-refractivity contribution is -0.870. The predicted octanol–water partition coefficient (Wildman–Crippen LogP) is 17.2. The number of allylic oxidation sites excluding steroid dienone is 7. The molecule has 0 aromatic carbocycles. The van der Waals surface area contributed by atoms with Crippen LogP contribution in [0, 0.1) is 0 Å². The lowest BCUT2D eigenvalue weighted by Gasteiger charge is -2.25. The average Bonchev–Trinajstić information content (AvgIpc) is 3.29. The van der Waals surface area contributed by atoms with Gasteiger partial charge in [0, 0.05) is 6.42 Å². The molecule has 1 amide bonds. The van der Waals surface area contributed by atoms with Crippen LogP contribution in [-0.4, -0.2) is 73.4 Å². The highest BCUT2D eigenvalue weighted by Gasteiger charge is 2.27. The fourth-order valence-electron chi connectivity index (χ4n) is 8.25. The van der Waals surface area contributed by atoms with Crippen molar-refractivity contribution in [1.82, 2.24) is 5.32 Å². The molecule has 67 heavy (non-hydrogen) atoms. The lowest BCUT2D eigenvalue weighted by Crippen LogP contribution is -2.45. The Morgan fingerprint density at radius 2 is 0.881 bits per heavy atom. The van der Waals surface area contributed by atoms with Crippen molar-refractivity contribution in [3.8, 4) is 0 Å². The third kappa shape index (κ3) is 52.1. The molecule has 0 saturated heterocycles. The number of likely N-dealkylation sites (N-methyl/N-ethyl adjacent to an activating group) is 1. The number of carbonyl (C=O) groups excluding carboxylic acids is 1. The van der Waals surface area contributed by atoms with Crippen LogP contribution >= 0.6 is 7.82 Å². The van der Waals surface area contributed by atoms with Gasteiger partial charge in [-0.05, 0) is 57.8 Å². The van der Waals surface area contributed by atoms with E-state index in [9.17, 15) is 19.4 Å². The summed E-state index contributed by atoms with van der Waals surface area (Å²) in [5, 5.41) is 13.9. The average molecular weight is 965 g/mol. The van der Waals surface area contributed by atoms with Gasteiger partial charge >= 0.3 is 7.82 Å². The van der Waals surface area contributed by atoms with Crippen LogP contribution in [0.2, 0.25) is 0 Å². The summed E-state index contributed by atoms with van der Waals surface area (Å²) in [5.41, 5.74) is 0. The van der Waals surface area contributed by atoms with E-state index >= 15 is 0 Å². The number of nitrogens with zero attached hydrogens (tertiary/aromatic N) is 1. The second kappa shape index (κ2) is 49.4.